The van der Waals surface area contributed by atoms with E-state index >= 15 is 0 Å². The molecular formula is C14H18N6O2. The molecule has 22 heavy (non-hydrogen) atoms. The third-order valence-corrected chi connectivity index (χ3v) is 4.12. The van der Waals surface area contributed by atoms with Crippen molar-refractivity contribution >= 4 is 17.5 Å². The maximum absolute atomic E-state index is 11.9. The van der Waals surface area contributed by atoms with Crippen LogP contribution in [0.1, 0.15) is 19.8 Å². The predicted octanol–water partition coefficient (Wildman–Crippen LogP) is 0.801. The summed E-state index contributed by atoms with van der Waals surface area (Å²) in [5.41, 5.74) is 0. The van der Waals surface area contributed by atoms with E-state index in [1.54, 1.807) is 4.90 Å². The summed E-state index contributed by atoms with van der Waals surface area (Å²) in [7, 11) is 0. The Hall–Kier alpha value is -2.56. The molecule has 0 aromatic carbocycles. The number of anilines is 2. The molecule has 1 fully saturated rings. The van der Waals surface area contributed by atoms with E-state index in [9.17, 15) is 4.79 Å². The number of carbonyl (C=O) groups excluding carboxylic acids is 1. The number of nitrogens with one attached hydrogen (secondary N) is 2. The molecule has 0 bridgehead atoms. The molecule has 8 heteroatoms. The number of hydrogen-bond donors (Lipinski definition) is 2. The standard InChI is InChI=1S/C14H18N6O2/c1-9-3-5-20(11(21)2-4-15)6-10(9)19-14-12-13(16-7-17-14)18-8-22-12/h7,9-10H,2-3,5-6,8H2,1H3,(H2,16,17,18,19). The molecule has 116 valence electrons. The number of hydrogen-bond acceptors (Lipinski definition) is 7. The van der Waals surface area contributed by atoms with E-state index in [1.807, 2.05) is 6.07 Å². The number of aromatic nitrogens is 2. The number of likely N-dealkylation sites (tertiary alicyclic amines) is 1. The van der Waals surface area contributed by atoms with Gasteiger partial charge in [-0.25, -0.2) is 9.97 Å². The molecule has 1 aromatic rings. The minimum atomic E-state index is -0.118. The molecule has 2 atom stereocenters. The number of piperidine rings is 1. The van der Waals surface area contributed by atoms with E-state index in [0.717, 1.165) is 6.42 Å². The molecule has 1 saturated heterocycles. The molecule has 2 aliphatic rings. The third-order valence-electron chi connectivity index (χ3n) is 4.12. The van der Waals surface area contributed by atoms with E-state index in [2.05, 4.69) is 27.5 Å². The molecule has 2 N–H and O–H groups in total. The minimum Gasteiger partial charge on any atom is -0.465 e. The first-order chi connectivity index (χ1) is 10.7. The van der Waals surface area contributed by atoms with Crippen LogP contribution in [0.4, 0.5) is 11.6 Å². The Morgan fingerprint density at radius 1 is 1.64 bits per heavy atom. The topological polar surface area (TPSA) is 103 Å². The number of fused-ring (bicyclic) bond motifs is 1. The summed E-state index contributed by atoms with van der Waals surface area (Å²) >= 11 is 0. The first kappa shape index (κ1) is 14.4. The zero-order chi connectivity index (χ0) is 15.5. The van der Waals surface area contributed by atoms with Crippen molar-refractivity contribution in [2.75, 3.05) is 30.5 Å². The van der Waals surface area contributed by atoms with Crippen molar-refractivity contribution in [1.82, 2.24) is 14.9 Å². The van der Waals surface area contributed by atoms with Crippen LogP contribution in [0.2, 0.25) is 0 Å². The Balaban J connectivity index is 1.72. The van der Waals surface area contributed by atoms with Gasteiger partial charge in [-0.2, -0.15) is 5.26 Å². The van der Waals surface area contributed by atoms with Crippen LogP contribution in [0.25, 0.3) is 0 Å². The molecular weight excluding hydrogens is 284 g/mol. The van der Waals surface area contributed by atoms with Gasteiger partial charge in [-0.05, 0) is 12.3 Å². The second kappa shape index (κ2) is 6.05. The van der Waals surface area contributed by atoms with Gasteiger partial charge in [0.15, 0.2) is 18.4 Å². The second-order valence-electron chi connectivity index (χ2n) is 5.56. The summed E-state index contributed by atoms with van der Waals surface area (Å²) in [4.78, 5) is 22.0. The Morgan fingerprint density at radius 3 is 3.32 bits per heavy atom. The number of rotatable bonds is 3. The Labute approximate surface area is 128 Å². The third kappa shape index (κ3) is 2.74. The van der Waals surface area contributed by atoms with Crippen LogP contribution in [-0.2, 0) is 4.79 Å². The lowest BCUT2D eigenvalue weighted by Gasteiger charge is -2.37. The van der Waals surface area contributed by atoms with Gasteiger partial charge in [-0.15, -0.1) is 0 Å². The SMILES string of the molecule is CC1CCN(C(=O)CC#N)CC1Nc1ncnc2c1OCN2. The molecule has 8 nitrogen and oxygen atoms in total. The molecule has 3 rings (SSSR count). The quantitative estimate of drug-likeness (QED) is 0.851. The lowest BCUT2D eigenvalue weighted by Crippen LogP contribution is -2.49. The lowest BCUT2D eigenvalue weighted by atomic mass is 9.93. The van der Waals surface area contributed by atoms with E-state index in [0.29, 0.717) is 43.1 Å². The molecule has 0 aliphatic carbocycles. The van der Waals surface area contributed by atoms with Crippen molar-refractivity contribution in [3.63, 3.8) is 0 Å². The summed E-state index contributed by atoms with van der Waals surface area (Å²) < 4.78 is 5.50. The van der Waals surface area contributed by atoms with Crippen LogP contribution in [-0.4, -0.2) is 46.6 Å². The molecule has 1 aromatic heterocycles. The summed E-state index contributed by atoms with van der Waals surface area (Å²) in [6.45, 7) is 3.79. The average molecular weight is 302 g/mol. The van der Waals surface area contributed by atoms with Crippen LogP contribution in [0.5, 0.6) is 5.75 Å². The number of nitrogens with zero attached hydrogens (tertiary/aromatic N) is 4. The van der Waals surface area contributed by atoms with Crippen LogP contribution in [0.3, 0.4) is 0 Å². The van der Waals surface area contributed by atoms with Gasteiger partial charge < -0.3 is 20.3 Å². The van der Waals surface area contributed by atoms with Gasteiger partial charge in [0.2, 0.25) is 11.7 Å². The van der Waals surface area contributed by atoms with Crippen LogP contribution < -0.4 is 15.4 Å². The highest BCUT2D eigenvalue weighted by Crippen LogP contribution is 2.34. The van der Waals surface area contributed by atoms with E-state index < -0.39 is 0 Å². The first-order valence-electron chi connectivity index (χ1n) is 7.32. The molecule has 0 saturated carbocycles. The van der Waals surface area contributed by atoms with Crippen molar-refractivity contribution in [2.45, 2.75) is 25.8 Å². The number of ether oxygens (including phenoxy) is 1. The smallest absolute Gasteiger partial charge is 0.236 e. The van der Waals surface area contributed by atoms with Crippen LogP contribution in [0, 0.1) is 17.2 Å². The highest BCUT2D eigenvalue weighted by molar-refractivity contribution is 5.78. The van der Waals surface area contributed by atoms with Crippen molar-refractivity contribution in [1.29, 1.82) is 5.26 Å². The summed E-state index contributed by atoms with van der Waals surface area (Å²) in [5.74, 6) is 2.22. The lowest BCUT2D eigenvalue weighted by molar-refractivity contribution is -0.131. The normalized spacial score (nSPS) is 23.0. The van der Waals surface area contributed by atoms with E-state index in [-0.39, 0.29) is 18.4 Å². The first-order valence-corrected chi connectivity index (χ1v) is 7.32. The highest BCUT2D eigenvalue weighted by atomic mass is 16.5. The molecule has 0 radical (unpaired) electrons. The van der Waals surface area contributed by atoms with Gasteiger partial charge in [0.1, 0.15) is 12.7 Å². The number of amides is 1. The monoisotopic (exact) mass is 302 g/mol. The largest absolute Gasteiger partial charge is 0.465 e. The van der Waals surface area contributed by atoms with Crippen molar-refractivity contribution in [2.24, 2.45) is 5.92 Å². The second-order valence-corrected chi connectivity index (χ2v) is 5.56. The molecule has 2 aliphatic heterocycles. The van der Waals surface area contributed by atoms with Crippen molar-refractivity contribution in [3.8, 4) is 11.8 Å². The highest BCUT2D eigenvalue weighted by Gasteiger charge is 2.30. The van der Waals surface area contributed by atoms with Gasteiger partial charge in [0.05, 0.1) is 6.07 Å². The zero-order valence-electron chi connectivity index (χ0n) is 12.4. The number of nitriles is 1. The maximum atomic E-state index is 11.9. The number of carbonyl (C=O) groups is 1. The molecule has 2 unspecified atom stereocenters. The summed E-state index contributed by atoms with van der Waals surface area (Å²) in [6.07, 6.45) is 2.30. The van der Waals surface area contributed by atoms with Gasteiger partial charge in [-0.1, -0.05) is 6.92 Å². The molecule has 3 heterocycles. The Kier molecular flexibility index (Phi) is 3.96. The fourth-order valence-electron chi connectivity index (χ4n) is 2.75. The Bertz CT molecular complexity index is 614. The minimum absolute atomic E-state index is 0.0691. The summed E-state index contributed by atoms with van der Waals surface area (Å²) in [5, 5.41) is 15.1. The van der Waals surface area contributed by atoms with Gasteiger partial charge in [0, 0.05) is 19.1 Å². The van der Waals surface area contributed by atoms with E-state index in [4.69, 9.17) is 10.00 Å². The van der Waals surface area contributed by atoms with E-state index in [1.165, 1.54) is 6.33 Å². The van der Waals surface area contributed by atoms with Crippen LogP contribution >= 0.6 is 0 Å². The van der Waals surface area contributed by atoms with Crippen molar-refractivity contribution < 1.29 is 9.53 Å². The molecule has 1 amide bonds. The fourth-order valence-corrected chi connectivity index (χ4v) is 2.75. The van der Waals surface area contributed by atoms with Crippen LogP contribution in [0.15, 0.2) is 6.33 Å². The Morgan fingerprint density at radius 2 is 2.50 bits per heavy atom. The average Bonchev–Trinajstić information content (AvgIpc) is 2.99. The zero-order valence-corrected chi connectivity index (χ0v) is 12.4. The summed E-state index contributed by atoms with van der Waals surface area (Å²) in [6, 6.07) is 1.98. The van der Waals surface area contributed by atoms with Gasteiger partial charge in [-0.3, -0.25) is 4.79 Å². The maximum Gasteiger partial charge on any atom is 0.236 e. The van der Waals surface area contributed by atoms with Gasteiger partial charge in [0.25, 0.3) is 0 Å². The van der Waals surface area contributed by atoms with Crippen molar-refractivity contribution in [3.05, 3.63) is 6.33 Å². The fraction of sp³-hybridized carbons (Fsp3) is 0.571. The van der Waals surface area contributed by atoms with Gasteiger partial charge >= 0.3 is 0 Å². The predicted molar refractivity (Wildman–Crippen MR) is 79.2 cm³/mol. The molecule has 0 spiro atoms.